The molecule has 0 fully saturated rings. The van der Waals surface area contributed by atoms with E-state index in [1.54, 1.807) is 25.4 Å². The molecule has 1 aliphatic heterocycles. The Balaban J connectivity index is 1.59. The molecule has 0 radical (unpaired) electrons. The Bertz CT molecular complexity index is 1340. The Hall–Kier alpha value is -3.34. The molecule has 4 nitrogen and oxygen atoms in total. The Labute approximate surface area is 181 Å². The van der Waals surface area contributed by atoms with Crippen LogP contribution in [0.15, 0.2) is 30.5 Å². The number of aryl methyl sites for hydroxylation is 1. The molecule has 3 aromatic rings. The fourth-order valence-electron chi connectivity index (χ4n) is 5.59. The van der Waals surface area contributed by atoms with Gasteiger partial charge in [0.05, 0.1) is 23.4 Å². The number of nitrogens with zero attached hydrogens (tertiary/aromatic N) is 3. The molecule has 2 aliphatic carbocycles. The molecule has 0 unspecified atom stereocenters. The van der Waals surface area contributed by atoms with Gasteiger partial charge in [-0.1, -0.05) is 12.1 Å². The molecule has 6 rings (SSSR count). The molecule has 0 spiro atoms. The summed E-state index contributed by atoms with van der Waals surface area (Å²) in [6.45, 7) is 0. The van der Waals surface area contributed by atoms with Gasteiger partial charge in [-0.25, -0.2) is 22.2 Å². The first-order chi connectivity index (χ1) is 15.3. The molecule has 0 saturated heterocycles. The van der Waals surface area contributed by atoms with Crippen LogP contribution in [0.25, 0.3) is 11.1 Å². The molecular weight excluding hydrogens is 422 g/mol. The molecule has 0 amide bonds. The van der Waals surface area contributed by atoms with E-state index in [0.29, 0.717) is 45.7 Å². The number of alkyl halides is 3. The highest BCUT2D eigenvalue weighted by Gasteiger charge is 2.54. The number of benzene rings is 2. The summed E-state index contributed by atoms with van der Waals surface area (Å²) in [6, 6.07) is 7.74. The van der Waals surface area contributed by atoms with Crippen molar-refractivity contribution in [3.8, 4) is 23.1 Å². The molecule has 0 N–H and O–H groups in total. The fourth-order valence-corrected chi connectivity index (χ4v) is 5.59. The first-order valence-electron chi connectivity index (χ1n) is 10.4. The third kappa shape index (κ3) is 2.45. The van der Waals surface area contributed by atoms with Crippen LogP contribution in [0, 0.1) is 17.1 Å². The highest BCUT2D eigenvalue weighted by Crippen LogP contribution is 2.57. The lowest BCUT2D eigenvalue weighted by Gasteiger charge is -2.31. The third-order valence-corrected chi connectivity index (χ3v) is 6.92. The predicted molar refractivity (Wildman–Crippen MR) is 107 cm³/mol. The summed E-state index contributed by atoms with van der Waals surface area (Å²) in [4.78, 5) is 0. The van der Waals surface area contributed by atoms with Gasteiger partial charge in [0.2, 0.25) is 5.88 Å². The van der Waals surface area contributed by atoms with Gasteiger partial charge in [-0.2, -0.15) is 10.4 Å². The van der Waals surface area contributed by atoms with Crippen LogP contribution >= 0.6 is 0 Å². The van der Waals surface area contributed by atoms with Crippen molar-refractivity contribution in [3.63, 3.8) is 0 Å². The van der Waals surface area contributed by atoms with Gasteiger partial charge in [0.25, 0.3) is 5.92 Å². The lowest BCUT2D eigenvalue weighted by atomic mass is 9.74. The first kappa shape index (κ1) is 19.4. The van der Waals surface area contributed by atoms with Crippen molar-refractivity contribution in [3.05, 3.63) is 69.7 Å². The Morgan fingerprint density at radius 1 is 1.16 bits per heavy atom. The molecule has 1 aromatic heterocycles. The van der Waals surface area contributed by atoms with E-state index in [0.717, 1.165) is 12.1 Å². The van der Waals surface area contributed by atoms with Crippen LogP contribution in [0.2, 0.25) is 0 Å². The van der Waals surface area contributed by atoms with E-state index in [1.807, 2.05) is 6.07 Å². The number of ether oxygens (including phenoxy) is 1. The Kier molecular flexibility index (Phi) is 3.84. The number of aromatic nitrogens is 2. The fraction of sp³-hybridized carbons (Fsp3) is 0.333. The highest BCUT2D eigenvalue weighted by atomic mass is 19.3. The van der Waals surface area contributed by atoms with Gasteiger partial charge in [0, 0.05) is 24.9 Å². The average molecular weight is 439 g/mol. The molecule has 2 heterocycles. The summed E-state index contributed by atoms with van der Waals surface area (Å²) < 4.78 is 66.1. The number of hydrogen-bond acceptors (Lipinski definition) is 3. The van der Waals surface area contributed by atoms with E-state index in [-0.39, 0.29) is 17.5 Å². The van der Waals surface area contributed by atoms with Crippen molar-refractivity contribution in [1.29, 1.82) is 5.26 Å². The number of hydrogen-bond donors (Lipinski definition) is 0. The molecule has 8 heteroatoms. The van der Waals surface area contributed by atoms with Crippen LogP contribution in [0.3, 0.4) is 0 Å². The van der Waals surface area contributed by atoms with Gasteiger partial charge in [0.15, 0.2) is 6.10 Å². The Morgan fingerprint density at radius 2 is 1.97 bits per heavy atom. The van der Waals surface area contributed by atoms with Crippen LogP contribution in [0.5, 0.6) is 5.88 Å². The van der Waals surface area contributed by atoms with Gasteiger partial charge >= 0.3 is 0 Å². The zero-order chi connectivity index (χ0) is 22.4. The quantitative estimate of drug-likeness (QED) is 0.460. The number of fused-ring (bicyclic) bond motifs is 3. The van der Waals surface area contributed by atoms with Crippen molar-refractivity contribution in [1.82, 2.24) is 9.78 Å². The van der Waals surface area contributed by atoms with Crippen LogP contribution in [0.1, 0.15) is 64.4 Å². The zero-order valence-electron chi connectivity index (χ0n) is 17.0. The third-order valence-electron chi connectivity index (χ3n) is 6.92. The minimum Gasteiger partial charge on any atom is -0.463 e. The summed E-state index contributed by atoms with van der Waals surface area (Å²) >= 11 is 0. The standard InChI is InChI=1S/C24H17F4N3O/c1-31-23-18(10-30-31)15-3-2-13(17-8-24(27,28)22(32-23)21(15)17)14-4-5-19(26)16-7-12(25)6-11(9-29)20(14)16/h2-3,6-7,10,14,19,22H,4-5,8H2,1H3/t14-,19+,22+/m1/s1. The second kappa shape index (κ2) is 6.35. The lowest BCUT2D eigenvalue weighted by molar-refractivity contribution is -0.0879. The number of rotatable bonds is 1. The summed E-state index contributed by atoms with van der Waals surface area (Å²) in [5.41, 5.74) is 3.40. The summed E-state index contributed by atoms with van der Waals surface area (Å²) in [7, 11) is 1.64. The maximum atomic E-state index is 15.1. The SMILES string of the molecule is Cn1ncc2c1O[C@H]1c3c-2ccc([C@H]2CC[C@H](F)c4cc(F)cc(C#N)c42)c3CC1(F)F. The molecule has 2 aromatic carbocycles. The lowest BCUT2D eigenvalue weighted by Crippen LogP contribution is -2.29. The summed E-state index contributed by atoms with van der Waals surface area (Å²) in [6.07, 6.45) is -1.27. The number of nitriles is 1. The van der Waals surface area contributed by atoms with Crippen LogP contribution < -0.4 is 4.74 Å². The van der Waals surface area contributed by atoms with E-state index in [4.69, 9.17) is 4.74 Å². The molecular formula is C24H17F4N3O. The molecule has 32 heavy (non-hydrogen) atoms. The van der Waals surface area contributed by atoms with Gasteiger partial charge in [0.1, 0.15) is 12.0 Å². The van der Waals surface area contributed by atoms with E-state index in [9.17, 15) is 14.0 Å². The minimum absolute atomic E-state index is 0.0457. The minimum atomic E-state index is -3.13. The zero-order valence-corrected chi connectivity index (χ0v) is 17.0. The predicted octanol–water partition coefficient (Wildman–Crippen LogP) is 5.66. The topological polar surface area (TPSA) is 50.8 Å². The van der Waals surface area contributed by atoms with Crippen molar-refractivity contribution >= 4 is 0 Å². The molecule has 0 bridgehead atoms. The Morgan fingerprint density at radius 3 is 2.75 bits per heavy atom. The van der Waals surface area contributed by atoms with Crippen LogP contribution in [-0.4, -0.2) is 15.7 Å². The monoisotopic (exact) mass is 439 g/mol. The molecule has 3 aliphatic rings. The number of halogens is 4. The smallest absolute Gasteiger partial charge is 0.292 e. The van der Waals surface area contributed by atoms with Crippen molar-refractivity contribution < 1.29 is 22.3 Å². The normalized spacial score (nSPS) is 24.2. The van der Waals surface area contributed by atoms with Gasteiger partial charge in [-0.05, 0) is 52.8 Å². The average Bonchev–Trinajstić information content (AvgIpc) is 3.27. The van der Waals surface area contributed by atoms with Crippen molar-refractivity contribution in [2.24, 2.45) is 7.05 Å². The van der Waals surface area contributed by atoms with Crippen molar-refractivity contribution in [2.75, 3.05) is 0 Å². The maximum Gasteiger partial charge on any atom is 0.292 e. The molecule has 162 valence electrons. The van der Waals surface area contributed by atoms with Gasteiger partial charge in [-0.15, -0.1) is 0 Å². The molecule has 0 saturated carbocycles. The van der Waals surface area contributed by atoms with Gasteiger partial charge in [-0.3, -0.25) is 0 Å². The summed E-state index contributed by atoms with van der Waals surface area (Å²) in [5.74, 6) is -3.98. The molecule has 3 atom stereocenters. The second-order valence-electron chi connectivity index (χ2n) is 8.68. The van der Waals surface area contributed by atoms with E-state index >= 15 is 8.78 Å². The highest BCUT2D eigenvalue weighted by molar-refractivity contribution is 5.77. The van der Waals surface area contributed by atoms with E-state index < -0.39 is 36.4 Å². The maximum absolute atomic E-state index is 15.1. The second-order valence-corrected chi connectivity index (χ2v) is 8.68. The van der Waals surface area contributed by atoms with Crippen LogP contribution in [-0.2, 0) is 13.5 Å². The van der Waals surface area contributed by atoms with Crippen LogP contribution in [0.4, 0.5) is 17.6 Å². The van der Waals surface area contributed by atoms with E-state index in [2.05, 4.69) is 5.10 Å². The van der Waals surface area contributed by atoms with Gasteiger partial charge < -0.3 is 4.74 Å². The summed E-state index contributed by atoms with van der Waals surface area (Å²) in [5, 5.41) is 13.7. The van der Waals surface area contributed by atoms with Crippen molar-refractivity contribution in [2.45, 2.75) is 43.4 Å². The largest absolute Gasteiger partial charge is 0.463 e. The van der Waals surface area contributed by atoms with E-state index in [1.165, 1.54) is 4.68 Å². The first-order valence-corrected chi connectivity index (χ1v) is 10.4.